The van der Waals surface area contributed by atoms with Gasteiger partial charge in [-0.1, -0.05) is 12.8 Å². The van der Waals surface area contributed by atoms with Crippen LogP contribution in [0, 0.1) is 5.92 Å². The molecule has 0 aromatic heterocycles. The molecule has 2 rings (SSSR count). The molecule has 1 aliphatic heterocycles. The summed E-state index contributed by atoms with van der Waals surface area (Å²) in [6, 6.07) is -0.868. The third-order valence-corrected chi connectivity index (χ3v) is 4.72. The average Bonchev–Trinajstić information content (AvgIpc) is 3.07. The SMILES string of the molecule is CNC(=O)NC(=O)[C@H](C)N1CCN(C(=O)C2CCCC2)CC1. The Morgan fingerprint density at radius 2 is 1.64 bits per heavy atom. The van der Waals surface area contributed by atoms with E-state index < -0.39 is 6.03 Å². The Kier molecular flexibility index (Phi) is 5.76. The minimum absolute atomic E-state index is 0.209. The molecule has 0 spiro atoms. The summed E-state index contributed by atoms with van der Waals surface area (Å²) >= 11 is 0. The number of hydrogen-bond donors (Lipinski definition) is 2. The van der Waals surface area contributed by atoms with Gasteiger partial charge in [-0.05, 0) is 19.8 Å². The molecule has 1 saturated carbocycles. The number of nitrogens with one attached hydrogen (secondary N) is 2. The lowest BCUT2D eigenvalue weighted by molar-refractivity contribution is -0.138. The molecule has 4 amide bonds. The smallest absolute Gasteiger partial charge is 0.321 e. The lowest BCUT2D eigenvalue weighted by Gasteiger charge is -2.38. The summed E-state index contributed by atoms with van der Waals surface area (Å²) in [4.78, 5) is 39.4. The van der Waals surface area contributed by atoms with Gasteiger partial charge in [-0.2, -0.15) is 0 Å². The highest BCUT2D eigenvalue weighted by molar-refractivity contribution is 5.96. The van der Waals surface area contributed by atoms with Gasteiger partial charge >= 0.3 is 6.03 Å². The normalized spacial score (nSPS) is 21.5. The van der Waals surface area contributed by atoms with Crippen LogP contribution in [0.25, 0.3) is 0 Å². The quantitative estimate of drug-likeness (QED) is 0.778. The zero-order valence-corrected chi connectivity index (χ0v) is 13.4. The summed E-state index contributed by atoms with van der Waals surface area (Å²) in [6.45, 7) is 4.44. The van der Waals surface area contributed by atoms with Gasteiger partial charge in [-0.3, -0.25) is 19.8 Å². The fourth-order valence-electron chi connectivity index (χ4n) is 3.21. The largest absolute Gasteiger partial charge is 0.341 e. The van der Waals surface area contributed by atoms with E-state index in [0.717, 1.165) is 25.7 Å². The summed E-state index contributed by atoms with van der Waals surface area (Å²) in [6.07, 6.45) is 4.36. The Bertz CT molecular complexity index is 427. The van der Waals surface area contributed by atoms with E-state index in [9.17, 15) is 14.4 Å². The molecule has 1 saturated heterocycles. The topological polar surface area (TPSA) is 81.8 Å². The summed E-state index contributed by atoms with van der Waals surface area (Å²) in [7, 11) is 1.47. The van der Waals surface area contributed by atoms with E-state index in [4.69, 9.17) is 0 Å². The van der Waals surface area contributed by atoms with Crippen molar-refractivity contribution in [3.05, 3.63) is 0 Å². The second-order valence-corrected chi connectivity index (χ2v) is 6.09. The van der Waals surface area contributed by atoms with Crippen molar-refractivity contribution in [1.82, 2.24) is 20.4 Å². The Morgan fingerprint density at radius 3 is 2.18 bits per heavy atom. The lowest BCUT2D eigenvalue weighted by atomic mass is 10.1. The molecule has 22 heavy (non-hydrogen) atoms. The molecule has 0 aromatic carbocycles. The second-order valence-electron chi connectivity index (χ2n) is 6.09. The van der Waals surface area contributed by atoms with Crippen LogP contribution in [0.5, 0.6) is 0 Å². The molecule has 7 nitrogen and oxygen atoms in total. The third-order valence-electron chi connectivity index (χ3n) is 4.72. The Morgan fingerprint density at radius 1 is 1.05 bits per heavy atom. The fourth-order valence-corrected chi connectivity index (χ4v) is 3.21. The summed E-state index contributed by atoms with van der Waals surface area (Å²) in [5, 5.41) is 4.66. The Labute approximate surface area is 131 Å². The molecule has 124 valence electrons. The molecule has 1 atom stereocenters. The molecule has 0 radical (unpaired) electrons. The highest BCUT2D eigenvalue weighted by Gasteiger charge is 2.31. The molecule has 2 aliphatic rings. The van der Waals surface area contributed by atoms with Crippen molar-refractivity contribution in [1.29, 1.82) is 0 Å². The minimum atomic E-state index is -0.494. The number of hydrogen-bond acceptors (Lipinski definition) is 4. The van der Waals surface area contributed by atoms with Gasteiger partial charge in [0.05, 0.1) is 6.04 Å². The van der Waals surface area contributed by atoms with E-state index in [0.29, 0.717) is 26.2 Å². The van der Waals surface area contributed by atoms with Crippen molar-refractivity contribution >= 4 is 17.8 Å². The van der Waals surface area contributed by atoms with Crippen LogP contribution in [-0.2, 0) is 9.59 Å². The first-order chi connectivity index (χ1) is 10.5. The van der Waals surface area contributed by atoms with E-state index in [-0.39, 0.29) is 23.8 Å². The number of nitrogens with zero attached hydrogens (tertiary/aromatic N) is 2. The monoisotopic (exact) mass is 310 g/mol. The number of rotatable bonds is 3. The lowest BCUT2D eigenvalue weighted by Crippen LogP contribution is -2.56. The summed E-state index contributed by atoms with van der Waals surface area (Å²) in [5.41, 5.74) is 0. The van der Waals surface area contributed by atoms with Crippen LogP contribution < -0.4 is 10.6 Å². The number of amides is 4. The van der Waals surface area contributed by atoms with Gasteiger partial charge in [0.25, 0.3) is 0 Å². The van der Waals surface area contributed by atoms with Crippen LogP contribution in [-0.4, -0.2) is 66.9 Å². The summed E-state index contributed by atoms with van der Waals surface area (Å²) in [5.74, 6) is 0.176. The van der Waals surface area contributed by atoms with Gasteiger partial charge in [0.1, 0.15) is 0 Å². The number of piperazine rings is 1. The Balaban J connectivity index is 1.79. The predicted octanol–water partition coefficient (Wildman–Crippen LogP) is 0.165. The van der Waals surface area contributed by atoms with E-state index >= 15 is 0 Å². The van der Waals surface area contributed by atoms with Crippen molar-refractivity contribution in [2.45, 2.75) is 38.6 Å². The van der Waals surface area contributed by atoms with Gasteiger partial charge in [-0.15, -0.1) is 0 Å². The van der Waals surface area contributed by atoms with Crippen molar-refractivity contribution in [2.24, 2.45) is 5.92 Å². The van der Waals surface area contributed by atoms with Gasteiger partial charge < -0.3 is 10.2 Å². The molecule has 1 aliphatic carbocycles. The molecule has 7 heteroatoms. The molecule has 0 unspecified atom stereocenters. The zero-order chi connectivity index (χ0) is 16.1. The fraction of sp³-hybridized carbons (Fsp3) is 0.800. The number of carbonyl (C=O) groups is 3. The van der Waals surface area contributed by atoms with Crippen LogP contribution in [0.15, 0.2) is 0 Å². The molecule has 2 N–H and O–H groups in total. The van der Waals surface area contributed by atoms with E-state index in [1.807, 2.05) is 9.80 Å². The van der Waals surface area contributed by atoms with Gasteiger partial charge in [0.15, 0.2) is 0 Å². The average molecular weight is 310 g/mol. The van der Waals surface area contributed by atoms with E-state index in [1.54, 1.807) is 6.92 Å². The van der Waals surface area contributed by atoms with Gasteiger partial charge in [0.2, 0.25) is 11.8 Å². The van der Waals surface area contributed by atoms with Crippen LogP contribution in [0.4, 0.5) is 4.79 Å². The maximum Gasteiger partial charge on any atom is 0.321 e. The van der Waals surface area contributed by atoms with Crippen LogP contribution in [0.3, 0.4) is 0 Å². The van der Waals surface area contributed by atoms with Gasteiger partial charge in [-0.25, -0.2) is 4.79 Å². The van der Waals surface area contributed by atoms with Crippen molar-refractivity contribution in [2.75, 3.05) is 33.2 Å². The van der Waals surface area contributed by atoms with Crippen molar-refractivity contribution in [3.8, 4) is 0 Å². The zero-order valence-electron chi connectivity index (χ0n) is 13.4. The van der Waals surface area contributed by atoms with Crippen molar-refractivity contribution < 1.29 is 14.4 Å². The van der Waals surface area contributed by atoms with Crippen LogP contribution >= 0.6 is 0 Å². The maximum absolute atomic E-state index is 12.4. The Hall–Kier alpha value is -1.63. The first-order valence-electron chi connectivity index (χ1n) is 8.08. The van der Waals surface area contributed by atoms with E-state index in [2.05, 4.69) is 10.6 Å². The number of carbonyl (C=O) groups excluding carboxylic acids is 3. The van der Waals surface area contributed by atoms with Crippen LogP contribution in [0.1, 0.15) is 32.6 Å². The number of urea groups is 1. The summed E-state index contributed by atoms with van der Waals surface area (Å²) < 4.78 is 0. The molecular weight excluding hydrogens is 284 g/mol. The molecular formula is C15H26N4O3. The molecule has 1 heterocycles. The standard InChI is InChI=1S/C15H26N4O3/c1-11(13(20)17-15(22)16-2)18-7-9-19(10-8-18)14(21)12-5-3-4-6-12/h11-12H,3-10H2,1-2H3,(H2,16,17,20,22)/t11-/m0/s1. The maximum atomic E-state index is 12.4. The first-order valence-corrected chi connectivity index (χ1v) is 8.08. The highest BCUT2D eigenvalue weighted by atomic mass is 16.2. The predicted molar refractivity (Wildman–Crippen MR) is 82.2 cm³/mol. The van der Waals surface area contributed by atoms with Gasteiger partial charge in [0, 0.05) is 39.1 Å². The van der Waals surface area contributed by atoms with E-state index in [1.165, 1.54) is 7.05 Å². The molecule has 0 bridgehead atoms. The molecule has 2 fully saturated rings. The minimum Gasteiger partial charge on any atom is -0.341 e. The first kappa shape index (κ1) is 16.7. The highest BCUT2D eigenvalue weighted by Crippen LogP contribution is 2.27. The van der Waals surface area contributed by atoms with Crippen LogP contribution in [0.2, 0.25) is 0 Å². The third kappa shape index (κ3) is 3.97. The number of imide groups is 1. The van der Waals surface area contributed by atoms with Crippen molar-refractivity contribution in [3.63, 3.8) is 0 Å². The second kappa shape index (κ2) is 7.58. The molecule has 0 aromatic rings.